The predicted octanol–water partition coefficient (Wildman–Crippen LogP) is 2.60. The molecule has 1 heterocycles. The SMILES string of the molecule is CN(C)CC(=O)N1CCN(C(=O)/C=C/c2ccc(Cl)c(C(F)(F)F)c2)CC1. The summed E-state index contributed by atoms with van der Waals surface area (Å²) >= 11 is 5.58. The summed E-state index contributed by atoms with van der Waals surface area (Å²) in [5.74, 6) is -0.304. The van der Waals surface area contributed by atoms with E-state index in [1.54, 1.807) is 14.7 Å². The summed E-state index contributed by atoms with van der Waals surface area (Å²) < 4.78 is 38.6. The molecule has 27 heavy (non-hydrogen) atoms. The highest BCUT2D eigenvalue weighted by Gasteiger charge is 2.33. The summed E-state index contributed by atoms with van der Waals surface area (Å²) in [5.41, 5.74) is -0.702. The van der Waals surface area contributed by atoms with Crippen molar-refractivity contribution in [2.24, 2.45) is 0 Å². The number of carbonyl (C=O) groups is 2. The van der Waals surface area contributed by atoms with Gasteiger partial charge in [-0.15, -0.1) is 0 Å². The highest BCUT2D eigenvalue weighted by atomic mass is 35.5. The van der Waals surface area contributed by atoms with Crippen molar-refractivity contribution in [2.45, 2.75) is 6.18 Å². The van der Waals surface area contributed by atoms with Gasteiger partial charge in [0.15, 0.2) is 0 Å². The largest absolute Gasteiger partial charge is 0.417 e. The van der Waals surface area contributed by atoms with Crippen LogP contribution in [0.1, 0.15) is 11.1 Å². The van der Waals surface area contributed by atoms with Gasteiger partial charge in [-0.1, -0.05) is 17.7 Å². The summed E-state index contributed by atoms with van der Waals surface area (Å²) in [6, 6.07) is 3.48. The minimum Gasteiger partial charge on any atom is -0.338 e. The average molecular weight is 404 g/mol. The van der Waals surface area contributed by atoms with Gasteiger partial charge in [0, 0.05) is 32.3 Å². The second-order valence-electron chi connectivity index (χ2n) is 6.51. The topological polar surface area (TPSA) is 43.9 Å². The van der Waals surface area contributed by atoms with Crippen LogP contribution >= 0.6 is 11.6 Å². The van der Waals surface area contributed by atoms with Crippen LogP contribution in [0.25, 0.3) is 6.08 Å². The summed E-state index contributed by atoms with van der Waals surface area (Å²) in [6.07, 6.45) is -1.99. The molecule has 1 aliphatic rings. The molecule has 1 aliphatic heterocycles. The zero-order valence-electron chi connectivity index (χ0n) is 15.1. The third-order valence-electron chi connectivity index (χ3n) is 4.11. The minimum atomic E-state index is -4.56. The Kier molecular flexibility index (Phi) is 6.89. The molecule has 0 saturated carbocycles. The molecule has 0 aromatic heterocycles. The van der Waals surface area contributed by atoms with Gasteiger partial charge >= 0.3 is 6.18 Å². The fourth-order valence-corrected chi connectivity index (χ4v) is 2.91. The lowest BCUT2D eigenvalue weighted by molar-refractivity contribution is -0.137. The number of alkyl halides is 3. The van der Waals surface area contributed by atoms with Crippen molar-refractivity contribution in [3.05, 3.63) is 40.4 Å². The molecule has 148 valence electrons. The van der Waals surface area contributed by atoms with Gasteiger partial charge in [0.1, 0.15) is 0 Å². The zero-order valence-corrected chi connectivity index (χ0v) is 15.8. The molecule has 0 atom stereocenters. The number of hydrogen-bond donors (Lipinski definition) is 0. The van der Waals surface area contributed by atoms with Crippen molar-refractivity contribution >= 4 is 29.5 Å². The maximum Gasteiger partial charge on any atom is 0.417 e. The van der Waals surface area contributed by atoms with E-state index >= 15 is 0 Å². The highest BCUT2D eigenvalue weighted by Crippen LogP contribution is 2.35. The average Bonchev–Trinajstić information content (AvgIpc) is 2.59. The van der Waals surface area contributed by atoms with E-state index in [9.17, 15) is 22.8 Å². The van der Waals surface area contributed by atoms with Gasteiger partial charge in [-0.3, -0.25) is 9.59 Å². The molecule has 1 saturated heterocycles. The van der Waals surface area contributed by atoms with Crippen molar-refractivity contribution in [3.63, 3.8) is 0 Å². The molecule has 9 heteroatoms. The Labute approximate surface area is 161 Å². The number of amides is 2. The first kappa shape index (κ1) is 21.2. The quantitative estimate of drug-likeness (QED) is 0.726. The Bertz CT molecular complexity index is 727. The molecule has 5 nitrogen and oxygen atoms in total. The minimum absolute atomic E-state index is 0.00323. The van der Waals surface area contributed by atoms with Crippen LogP contribution in [-0.4, -0.2) is 73.3 Å². The molecule has 1 aromatic carbocycles. The molecule has 0 spiro atoms. The summed E-state index contributed by atoms with van der Waals surface area (Å²) in [7, 11) is 3.62. The van der Waals surface area contributed by atoms with Crippen molar-refractivity contribution < 1.29 is 22.8 Å². The molecule has 2 amide bonds. The number of rotatable bonds is 4. The third-order valence-corrected chi connectivity index (χ3v) is 4.44. The second-order valence-corrected chi connectivity index (χ2v) is 6.92. The monoisotopic (exact) mass is 403 g/mol. The van der Waals surface area contributed by atoms with Crippen LogP contribution in [0, 0.1) is 0 Å². The van der Waals surface area contributed by atoms with Crippen LogP contribution in [0.5, 0.6) is 0 Å². The Morgan fingerprint density at radius 1 is 1.15 bits per heavy atom. The number of nitrogens with zero attached hydrogens (tertiary/aromatic N) is 3. The maximum absolute atomic E-state index is 12.9. The van der Waals surface area contributed by atoms with Gasteiger partial charge in [0.25, 0.3) is 0 Å². The molecule has 0 aliphatic carbocycles. The summed E-state index contributed by atoms with van der Waals surface area (Å²) in [5, 5.41) is -0.385. The molecule has 1 fully saturated rings. The first-order valence-corrected chi connectivity index (χ1v) is 8.72. The summed E-state index contributed by atoms with van der Waals surface area (Å²) in [6.45, 7) is 1.95. The lowest BCUT2D eigenvalue weighted by atomic mass is 10.1. The standard InChI is InChI=1S/C18H21ClF3N3O2/c1-23(2)12-17(27)25-9-7-24(8-10-25)16(26)6-4-13-3-5-15(19)14(11-13)18(20,21)22/h3-6,11H,7-10,12H2,1-2H3/b6-4+. The zero-order chi connectivity index (χ0) is 20.2. The first-order valence-electron chi connectivity index (χ1n) is 8.34. The van der Waals surface area contributed by atoms with E-state index < -0.39 is 11.7 Å². The predicted molar refractivity (Wildman–Crippen MR) is 97.2 cm³/mol. The van der Waals surface area contributed by atoms with Crippen molar-refractivity contribution in [3.8, 4) is 0 Å². The number of carbonyl (C=O) groups excluding carboxylic acids is 2. The van der Waals surface area contributed by atoms with E-state index in [2.05, 4.69) is 0 Å². The summed E-state index contributed by atoms with van der Waals surface area (Å²) in [4.78, 5) is 29.3. The van der Waals surface area contributed by atoms with Gasteiger partial charge in [0.05, 0.1) is 17.1 Å². The Balaban J connectivity index is 1.96. The number of benzene rings is 1. The highest BCUT2D eigenvalue weighted by molar-refractivity contribution is 6.31. The van der Waals surface area contributed by atoms with Gasteiger partial charge < -0.3 is 14.7 Å². The van der Waals surface area contributed by atoms with Crippen LogP contribution in [0.2, 0.25) is 5.02 Å². The molecule has 1 aromatic rings. The fraction of sp³-hybridized carbons (Fsp3) is 0.444. The van der Waals surface area contributed by atoms with Gasteiger partial charge in [-0.05, 0) is 37.9 Å². The number of hydrogen-bond acceptors (Lipinski definition) is 3. The molecule has 0 N–H and O–H groups in total. The van der Waals surface area contributed by atoms with Crippen LogP contribution in [0.4, 0.5) is 13.2 Å². The Morgan fingerprint density at radius 3 is 2.30 bits per heavy atom. The maximum atomic E-state index is 12.9. The third kappa shape index (κ3) is 5.97. The molecular weight excluding hydrogens is 383 g/mol. The van der Waals surface area contributed by atoms with E-state index in [4.69, 9.17) is 11.6 Å². The Hall–Kier alpha value is -2.06. The number of likely N-dealkylation sites (N-methyl/N-ethyl adjacent to an activating group) is 1. The smallest absolute Gasteiger partial charge is 0.338 e. The van der Waals surface area contributed by atoms with Gasteiger partial charge in [-0.2, -0.15) is 13.2 Å². The van der Waals surface area contributed by atoms with Crippen LogP contribution < -0.4 is 0 Å². The van der Waals surface area contributed by atoms with Crippen LogP contribution in [0.3, 0.4) is 0 Å². The molecular formula is C18H21ClF3N3O2. The second kappa shape index (κ2) is 8.75. The van der Waals surface area contributed by atoms with Crippen molar-refractivity contribution in [1.82, 2.24) is 14.7 Å². The first-order chi connectivity index (χ1) is 12.6. The molecule has 0 unspecified atom stereocenters. The van der Waals surface area contributed by atoms with E-state index in [1.807, 2.05) is 14.1 Å². The van der Waals surface area contributed by atoms with Crippen molar-refractivity contribution in [1.29, 1.82) is 0 Å². The van der Waals surface area contributed by atoms with Crippen LogP contribution in [0.15, 0.2) is 24.3 Å². The lowest BCUT2D eigenvalue weighted by Crippen LogP contribution is -2.51. The normalized spacial score (nSPS) is 15.7. The Morgan fingerprint density at radius 2 is 1.74 bits per heavy atom. The van der Waals surface area contributed by atoms with E-state index in [-0.39, 0.29) is 22.4 Å². The lowest BCUT2D eigenvalue weighted by Gasteiger charge is -2.34. The van der Waals surface area contributed by atoms with E-state index in [0.29, 0.717) is 32.7 Å². The van der Waals surface area contributed by atoms with Crippen LogP contribution in [-0.2, 0) is 15.8 Å². The van der Waals surface area contributed by atoms with Gasteiger partial charge in [-0.25, -0.2) is 0 Å². The number of piperazine rings is 1. The van der Waals surface area contributed by atoms with E-state index in [1.165, 1.54) is 18.2 Å². The molecule has 0 bridgehead atoms. The molecule has 2 rings (SSSR count). The van der Waals surface area contributed by atoms with E-state index in [0.717, 1.165) is 12.1 Å². The molecule has 0 radical (unpaired) electrons. The fourth-order valence-electron chi connectivity index (χ4n) is 2.68. The number of halogens is 4. The van der Waals surface area contributed by atoms with Gasteiger partial charge in [0.2, 0.25) is 11.8 Å². The van der Waals surface area contributed by atoms with Crippen molar-refractivity contribution in [2.75, 3.05) is 46.8 Å².